The van der Waals surface area contributed by atoms with Crippen molar-refractivity contribution in [3.8, 4) is 6.07 Å². The molecule has 3 rings (SSSR count). The van der Waals surface area contributed by atoms with E-state index in [1.54, 1.807) is 6.20 Å². The molecule has 0 radical (unpaired) electrons. The SMILES string of the molecule is N#Cc1cc(CN2CCC3CCCCC3C2)ccn1. The third-order valence-corrected chi connectivity index (χ3v) is 4.72. The summed E-state index contributed by atoms with van der Waals surface area (Å²) in [6.45, 7) is 3.43. The molecule has 2 unspecified atom stereocenters. The topological polar surface area (TPSA) is 39.9 Å². The second-order valence-corrected chi connectivity index (χ2v) is 5.99. The molecule has 2 heterocycles. The first kappa shape index (κ1) is 12.6. The lowest BCUT2D eigenvalue weighted by Gasteiger charge is -2.41. The van der Waals surface area contributed by atoms with E-state index in [-0.39, 0.29) is 0 Å². The smallest absolute Gasteiger partial charge is 0.140 e. The number of nitrogens with zero attached hydrogens (tertiary/aromatic N) is 3. The second-order valence-electron chi connectivity index (χ2n) is 5.99. The summed E-state index contributed by atoms with van der Waals surface area (Å²) in [5, 5.41) is 8.90. The highest BCUT2D eigenvalue weighted by molar-refractivity contribution is 5.25. The Morgan fingerprint density at radius 1 is 1.26 bits per heavy atom. The number of fused-ring (bicyclic) bond motifs is 1. The molecule has 2 fully saturated rings. The predicted molar refractivity (Wildman–Crippen MR) is 74.3 cm³/mol. The molecule has 3 heteroatoms. The van der Waals surface area contributed by atoms with Crippen molar-refractivity contribution in [2.24, 2.45) is 11.8 Å². The minimum atomic E-state index is 0.532. The van der Waals surface area contributed by atoms with E-state index < -0.39 is 0 Å². The van der Waals surface area contributed by atoms with E-state index in [1.807, 2.05) is 12.1 Å². The van der Waals surface area contributed by atoms with Crippen molar-refractivity contribution < 1.29 is 0 Å². The van der Waals surface area contributed by atoms with Crippen molar-refractivity contribution in [2.45, 2.75) is 38.6 Å². The summed E-state index contributed by atoms with van der Waals surface area (Å²) in [7, 11) is 0. The number of hydrogen-bond donors (Lipinski definition) is 0. The molecule has 100 valence electrons. The Balaban J connectivity index is 1.62. The molecule has 1 saturated carbocycles. The number of aromatic nitrogens is 1. The van der Waals surface area contributed by atoms with Gasteiger partial charge in [-0.3, -0.25) is 4.90 Å². The molecule has 1 aromatic rings. The Morgan fingerprint density at radius 2 is 2.11 bits per heavy atom. The Bertz CT molecular complexity index is 477. The number of rotatable bonds is 2. The molecule has 2 aliphatic rings. The molecule has 1 saturated heterocycles. The highest BCUT2D eigenvalue weighted by atomic mass is 15.1. The molecule has 0 amide bonds. The van der Waals surface area contributed by atoms with Crippen molar-refractivity contribution in [3.63, 3.8) is 0 Å². The van der Waals surface area contributed by atoms with Gasteiger partial charge in [0.2, 0.25) is 0 Å². The highest BCUT2D eigenvalue weighted by Gasteiger charge is 2.30. The predicted octanol–water partition coefficient (Wildman–Crippen LogP) is 2.97. The summed E-state index contributed by atoms with van der Waals surface area (Å²) in [5.74, 6) is 1.90. The fourth-order valence-electron chi connectivity index (χ4n) is 3.71. The van der Waals surface area contributed by atoms with Crippen LogP contribution in [-0.4, -0.2) is 23.0 Å². The van der Waals surface area contributed by atoms with Gasteiger partial charge in [0.1, 0.15) is 11.8 Å². The molecule has 19 heavy (non-hydrogen) atoms. The molecule has 0 aromatic carbocycles. The lowest BCUT2D eigenvalue weighted by atomic mass is 9.75. The summed E-state index contributed by atoms with van der Waals surface area (Å²) in [6, 6.07) is 6.08. The first-order chi connectivity index (χ1) is 9.35. The van der Waals surface area contributed by atoms with E-state index in [4.69, 9.17) is 5.26 Å². The van der Waals surface area contributed by atoms with Gasteiger partial charge in [-0.15, -0.1) is 0 Å². The molecule has 1 aliphatic heterocycles. The van der Waals surface area contributed by atoms with Gasteiger partial charge >= 0.3 is 0 Å². The zero-order valence-corrected chi connectivity index (χ0v) is 11.4. The van der Waals surface area contributed by atoms with Crippen molar-refractivity contribution in [2.75, 3.05) is 13.1 Å². The normalized spacial score (nSPS) is 27.5. The number of piperidine rings is 1. The molecule has 1 aromatic heterocycles. The van der Waals surface area contributed by atoms with Gasteiger partial charge in [0.15, 0.2) is 0 Å². The lowest BCUT2D eigenvalue weighted by Crippen LogP contribution is -2.41. The van der Waals surface area contributed by atoms with E-state index in [0.29, 0.717) is 5.69 Å². The van der Waals surface area contributed by atoms with Crippen LogP contribution in [0.4, 0.5) is 0 Å². The van der Waals surface area contributed by atoms with Crippen LogP contribution in [0.5, 0.6) is 0 Å². The Labute approximate surface area is 115 Å². The number of hydrogen-bond acceptors (Lipinski definition) is 3. The number of pyridine rings is 1. The monoisotopic (exact) mass is 255 g/mol. The maximum absolute atomic E-state index is 8.90. The van der Waals surface area contributed by atoms with Gasteiger partial charge in [-0.2, -0.15) is 5.26 Å². The van der Waals surface area contributed by atoms with Crippen molar-refractivity contribution in [1.82, 2.24) is 9.88 Å². The van der Waals surface area contributed by atoms with Crippen LogP contribution in [0.1, 0.15) is 43.4 Å². The minimum absolute atomic E-state index is 0.532. The van der Waals surface area contributed by atoms with Gasteiger partial charge in [-0.25, -0.2) is 4.98 Å². The van der Waals surface area contributed by atoms with Crippen LogP contribution in [0, 0.1) is 23.2 Å². The number of likely N-dealkylation sites (tertiary alicyclic amines) is 1. The highest BCUT2D eigenvalue weighted by Crippen LogP contribution is 2.36. The van der Waals surface area contributed by atoms with E-state index in [1.165, 1.54) is 50.8 Å². The van der Waals surface area contributed by atoms with Gasteiger partial charge in [-0.1, -0.05) is 19.3 Å². The summed E-state index contributed by atoms with van der Waals surface area (Å²) >= 11 is 0. The van der Waals surface area contributed by atoms with Gasteiger partial charge < -0.3 is 0 Å². The van der Waals surface area contributed by atoms with Crippen LogP contribution >= 0.6 is 0 Å². The van der Waals surface area contributed by atoms with Crippen molar-refractivity contribution in [3.05, 3.63) is 29.6 Å². The summed E-state index contributed by atoms with van der Waals surface area (Å²) in [6.07, 6.45) is 8.84. The second kappa shape index (κ2) is 5.71. The van der Waals surface area contributed by atoms with Crippen molar-refractivity contribution >= 4 is 0 Å². The maximum Gasteiger partial charge on any atom is 0.140 e. The zero-order chi connectivity index (χ0) is 13.1. The fourth-order valence-corrected chi connectivity index (χ4v) is 3.71. The number of nitriles is 1. The van der Waals surface area contributed by atoms with Crippen LogP contribution in [0.2, 0.25) is 0 Å². The first-order valence-electron chi connectivity index (χ1n) is 7.42. The van der Waals surface area contributed by atoms with Gasteiger partial charge in [0.25, 0.3) is 0 Å². The Morgan fingerprint density at radius 3 is 2.95 bits per heavy atom. The maximum atomic E-state index is 8.90. The van der Waals surface area contributed by atoms with Crippen LogP contribution in [0.25, 0.3) is 0 Å². The quantitative estimate of drug-likeness (QED) is 0.815. The van der Waals surface area contributed by atoms with Crippen molar-refractivity contribution in [1.29, 1.82) is 5.26 Å². The van der Waals surface area contributed by atoms with Gasteiger partial charge in [0, 0.05) is 19.3 Å². The van der Waals surface area contributed by atoms with Crippen LogP contribution in [-0.2, 0) is 6.54 Å². The third kappa shape index (κ3) is 2.96. The largest absolute Gasteiger partial charge is 0.299 e. The van der Waals surface area contributed by atoms with Gasteiger partial charge in [-0.05, 0) is 48.9 Å². The standard InChI is InChI=1S/C16H21N3/c17-10-16-9-13(5-7-18-16)11-19-8-6-14-3-1-2-4-15(14)12-19/h5,7,9,14-15H,1-4,6,8,11-12H2. The molecular formula is C16H21N3. The van der Waals surface area contributed by atoms with E-state index in [9.17, 15) is 0 Å². The summed E-state index contributed by atoms with van der Waals surface area (Å²) in [5.41, 5.74) is 1.76. The molecular weight excluding hydrogens is 234 g/mol. The van der Waals surface area contributed by atoms with Gasteiger partial charge in [0.05, 0.1) is 0 Å². The van der Waals surface area contributed by atoms with E-state index in [2.05, 4.69) is 16.0 Å². The Kier molecular flexibility index (Phi) is 3.79. The Hall–Kier alpha value is -1.40. The molecule has 2 atom stereocenters. The van der Waals surface area contributed by atoms with Crippen LogP contribution < -0.4 is 0 Å². The minimum Gasteiger partial charge on any atom is -0.299 e. The average molecular weight is 255 g/mol. The van der Waals surface area contributed by atoms with E-state index >= 15 is 0 Å². The summed E-state index contributed by atoms with van der Waals surface area (Å²) in [4.78, 5) is 6.60. The molecule has 1 aliphatic carbocycles. The first-order valence-corrected chi connectivity index (χ1v) is 7.42. The lowest BCUT2D eigenvalue weighted by molar-refractivity contribution is 0.0820. The zero-order valence-electron chi connectivity index (χ0n) is 11.4. The van der Waals surface area contributed by atoms with Crippen LogP contribution in [0.3, 0.4) is 0 Å². The third-order valence-electron chi connectivity index (χ3n) is 4.72. The van der Waals surface area contributed by atoms with E-state index in [0.717, 1.165) is 18.4 Å². The van der Waals surface area contributed by atoms with Crippen LogP contribution in [0.15, 0.2) is 18.3 Å². The molecule has 3 nitrogen and oxygen atoms in total. The average Bonchev–Trinajstić information content (AvgIpc) is 2.47. The molecule has 0 bridgehead atoms. The molecule has 0 N–H and O–H groups in total. The molecule has 0 spiro atoms. The summed E-state index contributed by atoms with van der Waals surface area (Å²) < 4.78 is 0. The fraction of sp³-hybridized carbons (Fsp3) is 0.625.